The van der Waals surface area contributed by atoms with Crippen molar-refractivity contribution in [1.82, 2.24) is 0 Å². The summed E-state index contributed by atoms with van der Waals surface area (Å²) in [5, 5.41) is 22.1. The van der Waals surface area contributed by atoms with Gasteiger partial charge in [-0.05, 0) is 13.8 Å². The molecule has 78 valence electrons. The summed E-state index contributed by atoms with van der Waals surface area (Å²) in [5.41, 5.74) is -0.602. The van der Waals surface area contributed by atoms with Crippen molar-refractivity contribution in [2.24, 2.45) is 0 Å². The normalized spacial score (nSPS) is 14.3. The third-order valence-electron chi connectivity index (χ3n) is 1.66. The molecular formula is C10H12O4-2. The van der Waals surface area contributed by atoms with Crippen molar-refractivity contribution in [1.29, 1.82) is 0 Å². The monoisotopic (exact) mass is 196 g/mol. The molecule has 0 atom stereocenters. The van der Waals surface area contributed by atoms with Crippen LogP contribution in [0.15, 0.2) is 22.7 Å². The second-order valence-corrected chi connectivity index (χ2v) is 2.97. The fourth-order valence-corrected chi connectivity index (χ4v) is 1.20. The maximum Gasteiger partial charge on any atom is 0.159 e. The van der Waals surface area contributed by atoms with Crippen LogP contribution >= 0.6 is 0 Å². The van der Waals surface area contributed by atoms with E-state index in [4.69, 9.17) is 0 Å². The predicted octanol–water partition coefficient (Wildman–Crippen LogP) is -0.567. The van der Waals surface area contributed by atoms with Crippen molar-refractivity contribution in [3.05, 3.63) is 22.7 Å². The Morgan fingerprint density at radius 3 is 1.00 bits per heavy atom. The van der Waals surface area contributed by atoms with Gasteiger partial charge in [-0.3, -0.25) is 9.59 Å². The molecular weight excluding hydrogens is 184 g/mol. The molecule has 0 aliphatic carbocycles. The van der Waals surface area contributed by atoms with Crippen LogP contribution in [0, 0.1) is 0 Å². The van der Waals surface area contributed by atoms with E-state index in [9.17, 15) is 19.8 Å². The highest BCUT2D eigenvalue weighted by atomic mass is 16.3. The molecule has 0 unspecified atom stereocenters. The van der Waals surface area contributed by atoms with Crippen LogP contribution in [0.2, 0.25) is 0 Å². The highest BCUT2D eigenvalue weighted by Crippen LogP contribution is 2.16. The van der Waals surface area contributed by atoms with E-state index in [0.717, 1.165) is 27.7 Å². The van der Waals surface area contributed by atoms with Gasteiger partial charge in [0.15, 0.2) is 11.6 Å². The Morgan fingerprint density at radius 1 is 0.714 bits per heavy atom. The van der Waals surface area contributed by atoms with E-state index in [1.165, 1.54) is 0 Å². The van der Waals surface area contributed by atoms with Crippen molar-refractivity contribution in [3.63, 3.8) is 0 Å². The van der Waals surface area contributed by atoms with Gasteiger partial charge in [-0.15, -0.1) is 11.5 Å². The summed E-state index contributed by atoms with van der Waals surface area (Å²) in [7, 11) is 0. The first kappa shape index (κ1) is 12.4. The van der Waals surface area contributed by atoms with E-state index >= 15 is 0 Å². The van der Waals surface area contributed by atoms with Gasteiger partial charge >= 0.3 is 0 Å². The third-order valence-corrected chi connectivity index (χ3v) is 1.66. The first-order valence-corrected chi connectivity index (χ1v) is 4.07. The van der Waals surface area contributed by atoms with Gasteiger partial charge < -0.3 is 10.2 Å². The zero-order valence-corrected chi connectivity index (χ0v) is 8.63. The van der Waals surface area contributed by atoms with Crippen LogP contribution in [0.1, 0.15) is 27.7 Å². The second kappa shape index (κ2) is 4.60. The van der Waals surface area contributed by atoms with Gasteiger partial charge in [0, 0.05) is 11.1 Å². The Hall–Kier alpha value is -1.58. The molecule has 0 saturated carbocycles. The Bertz CT molecular complexity index is 292. The highest BCUT2D eigenvalue weighted by molar-refractivity contribution is 6.11. The molecule has 0 amide bonds. The number of carbonyl (C=O) groups is 2. The lowest BCUT2D eigenvalue weighted by Crippen LogP contribution is -2.19. The van der Waals surface area contributed by atoms with E-state index in [1.54, 1.807) is 0 Å². The van der Waals surface area contributed by atoms with Crippen LogP contribution < -0.4 is 10.2 Å². The molecule has 0 heterocycles. The van der Waals surface area contributed by atoms with Gasteiger partial charge in [0.25, 0.3) is 0 Å². The molecule has 0 aliphatic rings. The molecule has 0 aromatic rings. The summed E-state index contributed by atoms with van der Waals surface area (Å²) in [6.07, 6.45) is 0. The van der Waals surface area contributed by atoms with Crippen LogP contribution in [0.25, 0.3) is 0 Å². The minimum atomic E-state index is -0.557. The number of hydrogen-bond donors (Lipinski definition) is 0. The van der Waals surface area contributed by atoms with Gasteiger partial charge in [0.2, 0.25) is 0 Å². The molecule has 0 aromatic carbocycles. The smallest absolute Gasteiger partial charge is 0.159 e. The SMILES string of the molecule is CC(=O)C(=C(/C)[O-])/C(C(C)=O)=C(/C)[O-]. The summed E-state index contributed by atoms with van der Waals surface area (Å²) >= 11 is 0. The zero-order valence-electron chi connectivity index (χ0n) is 8.63. The fourth-order valence-electron chi connectivity index (χ4n) is 1.20. The summed E-state index contributed by atoms with van der Waals surface area (Å²) in [6, 6.07) is 0. The summed E-state index contributed by atoms with van der Waals surface area (Å²) in [4.78, 5) is 22.1. The number of carbonyl (C=O) groups excluding carboxylic acids is 2. The van der Waals surface area contributed by atoms with Gasteiger partial charge in [-0.25, -0.2) is 0 Å². The molecule has 0 aliphatic heterocycles. The van der Waals surface area contributed by atoms with Crippen LogP contribution in [0.5, 0.6) is 0 Å². The molecule has 4 heteroatoms. The van der Waals surface area contributed by atoms with Crippen molar-refractivity contribution in [3.8, 4) is 0 Å². The quantitative estimate of drug-likeness (QED) is 0.344. The lowest BCUT2D eigenvalue weighted by atomic mass is 9.97. The molecule has 14 heavy (non-hydrogen) atoms. The Balaban J connectivity index is 5.66. The molecule has 0 N–H and O–H groups in total. The number of allylic oxidation sites excluding steroid dienone is 4. The van der Waals surface area contributed by atoms with Crippen LogP contribution in [-0.2, 0) is 9.59 Å². The molecule has 0 aromatic heterocycles. The third kappa shape index (κ3) is 2.73. The van der Waals surface area contributed by atoms with Crippen molar-refractivity contribution >= 4 is 11.6 Å². The summed E-state index contributed by atoms with van der Waals surface area (Å²) < 4.78 is 0. The molecule has 0 rings (SSSR count). The standard InChI is InChI=1S/C10H14O4/c1-5(11)9(6(2)12)10(7(3)13)8(4)14/h11,13H,1-4H3/p-2/b9-5-,10-7+. The lowest BCUT2D eigenvalue weighted by Gasteiger charge is -2.19. The maximum absolute atomic E-state index is 11.1. The van der Waals surface area contributed by atoms with Crippen molar-refractivity contribution < 1.29 is 19.8 Å². The van der Waals surface area contributed by atoms with Gasteiger partial charge in [0.1, 0.15) is 0 Å². The van der Waals surface area contributed by atoms with E-state index < -0.39 is 23.1 Å². The highest BCUT2D eigenvalue weighted by Gasteiger charge is 2.14. The Labute approximate surface area is 82.6 Å². The molecule has 0 fully saturated rings. The Kier molecular flexibility index (Phi) is 4.08. The van der Waals surface area contributed by atoms with Crippen LogP contribution in [0.3, 0.4) is 0 Å². The van der Waals surface area contributed by atoms with Gasteiger partial charge in [-0.1, -0.05) is 13.8 Å². The first-order valence-electron chi connectivity index (χ1n) is 4.07. The summed E-state index contributed by atoms with van der Waals surface area (Å²) in [5.74, 6) is -2.23. The topological polar surface area (TPSA) is 80.3 Å². The molecule has 0 spiro atoms. The number of rotatable bonds is 3. The Morgan fingerprint density at radius 2 is 0.929 bits per heavy atom. The number of ketones is 2. The van der Waals surface area contributed by atoms with Crippen molar-refractivity contribution in [2.75, 3.05) is 0 Å². The maximum atomic E-state index is 11.1. The molecule has 0 saturated heterocycles. The largest absolute Gasteiger partial charge is 0.875 e. The van der Waals surface area contributed by atoms with E-state index in [-0.39, 0.29) is 11.1 Å². The average molecular weight is 196 g/mol. The molecule has 0 radical (unpaired) electrons. The predicted molar refractivity (Wildman–Crippen MR) is 46.8 cm³/mol. The first-order chi connectivity index (χ1) is 6.29. The fraction of sp³-hybridized carbons (Fsp3) is 0.400. The zero-order chi connectivity index (χ0) is 11.5. The average Bonchev–Trinajstić information content (AvgIpc) is 1.96. The van der Waals surface area contributed by atoms with E-state index in [0.29, 0.717) is 0 Å². The van der Waals surface area contributed by atoms with Crippen LogP contribution in [0.4, 0.5) is 0 Å². The van der Waals surface area contributed by atoms with E-state index in [2.05, 4.69) is 0 Å². The number of hydrogen-bond acceptors (Lipinski definition) is 4. The van der Waals surface area contributed by atoms with Crippen LogP contribution in [-0.4, -0.2) is 11.6 Å². The second-order valence-electron chi connectivity index (χ2n) is 2.97. The van der Waals surface area contributed by atoms with Gasteiger partial charge in [0.05, 0.1) is 0 Å². The summed E-state index contributed by atoms with van der Waals surface area (Å²) in [6.45, 7) is 4.62. The van der Waals surface area contributed by atoms with Gasteiger partial charge in [-0.2, -0.15) is 0 Å². The minimum Gasteiger partial charge on any atom is -0.875 e. The van der Waals surface area contributed by atoms with E-state index in [1.807, 2.05) is 0 Å². The van der Waals surface area contributed by atoms with Crippen molar-refractivity contribution in [2.45, 2.75) is 27.7 Å². The molecule has 4 nitrogen and oxygen atoms in total. The lowest BCUT2D eigenvalue weighted by molar-refractivity contribution is -0.307. The molecule has 0 bridgehead atoms. The number of Topliss-reactive ketones (excluding diaryl/α,β-unsaturated/α-hetero) is 2. The minimum absolute atomic E-state index is 0.301.